The smallest absolute Gasteiger partial charge is 0.333 e. The average Bonchev–Trinajstić information content (AvgIpc) is 2.53. The summed E-state index contributed by atoms with van der Waals surface area (Å²) < 4.78 is 25.6. The van der Waals surface area contributed by atoms with E-state index < -0.39 is 28.5 Å². The third-order valence-electron chi connectivity index (χ3n) is 3.23. The lowest BCUT2D eigenvalue weighted by Gasteiger charge is -2.17. The average molecular weight is 356 g/mol. The third-order valence-corrected chi connectivity index (χ3v) is 5.04. The highest BCUT2D eigenvalue weighted by molar-refractivity contribution is 7.89. The van der Waals surface area contributed by atoms with Crippen molar-refractivity contribution >= 4 is 22.0 Å². The van der Waals surface area contributed by atoms with Crippen molar-refractivity contribution in [2.45, 2.75) is 31.6 Å². The first-order valence-electron chi connectivity index (χ1n) is 7.63. The molecule has 0 fully saturated rings. The number of urea groups is 1. The zero-order chi connectivity index (χ0) is 18.2. The minimum Gasteiger partial charge on any atom is -0.337 e. The van der Waals surface area contributed by atoms with Gasteiger partial charge in [0, 0.05) is 13.6 Å². The standard InChI is InChI=1S/C15H24N4O4S/c1-4-5-10-16-15(21)18-17-14(20)11-19(3)24(22,23)13-8-6-12(2)7-9-13/h6-9H,4-5,10-11H2,1-3H3,(H,17,20)(H2,16,18,21). The molecule has 3 amide bonds. The molecule has 0 aliphatic rings. The fourth-order valence-electron chi connectivity index (χ4n) is 1.77. The second-order valence-electron chi connectivity index (χ2n) is 5.36. The Morgan fingerprint density at radius 2 is 1.75 bits per heavy atom. The van der Waals surface area contributed by atoms with Gasteiger partial charge in [-0.1, -0.05) is 31.0 Å². The summed E-state index contributed by atoms with van der Waals surface area (Å²) in [4.78, 5) is 23.3. The zero-order valence-corrected chi connectivity index (χ0v) is 14.9. The summed E-state index contributed by atoms with van der Waals surface area (Å²) >= 11 is 0. The number of amides is 3. The number of hydrogen-bond acceptors (Lipinski definition) is 4. The van der Waals surface area contributed by atoms with Crippen molar-refractivity contribution in [1.82, 2.24) is 20.5 Å². The Bertz CT molecular complexity index is 659. The Balaban J connectivity index is 2.51. The van der Waals surface area contributed by atoms with Gasteiger partial charge in [0.15, 0.2) is 0 Å². The second kappa shape index (κ2) is 9.24. The van der Waals surface area contributed by atoms with Crippen molar-refractivity contribution in [2.75, 3.05) is 20.1 Å². The Labute approximate surface area is 142 Å². The molecule has 0 saturated heterocycles. The van der Waals surface area contributed by atoms with Crippen LogP contribution in [0.2, 0.25) is 0 Å². The molecule has 8 nitrogen and oxygen atoms in total. The van der Waals surface area contributed by atoms with Gasteiger partial charge in [0.05, 0.1) is 11.4 Å². The molecule has 24 heavy (non-hydrogen) atoms. The van der Waals surface area contributed by atoms with E-state index in [1.165, 1.54) is 19.2 Å². The maximum absolute atomic E-state index is 12.3. The zero-order valence-electron chi connectivity index (χ0n) is 14.1. The topological polar surface area (TPSA) is 108 Å². The van der Waals surface area contributed by atoms with Gasteiger partial charge in [-0.2, -0.15) is 4.31 Å². The summed E-state index contributed by atoms with van der Waals surface area (Å²) in [5.41, 5.74) is 5.28. The van der Waals surface area contributed by atoms with Crippen molar-refractivity contribution < 1.29 is 18.0 Å². The number of nitrogens with one attached hydrogen (secondary N) is 3. The van der Waals surface area contributed by atoms with Crippen molar-refractivity contribution in [3.63, 3.8) is 0 Å². The summed E-state index contributed by atoms with van der Waals surface area (Å²) in [5.74, 6) is -0.640. The third kappa shape index (κ3) is 6.17. The largest absolute Gasteiger partial charge is 0.337 e. The molecule has 0 bridgehead atoms. The predicted molar refractivity (Wildman–Crippen MR) is 90.6 cm³/mol. The molecule has 3 N–H and O–H groups in total. The normalized spacial score (nSPS) is 11.2. The lowest BCUT2D eigenvalue weighted by molar-refractivity contribution is -0.121. The summed E-state index contributed by atoms with van der Waals surface area (Å²) in [6, 6.07) is 5.80. The molecule has 0 aromatic heterocycles. The maximum atomic E-state index is 12.3. The number of sulfonamides is 1. The molecular formula is C15H24N4O4S. The molecule has 0 saturated carbocycles. The van der Waals surface area contributed by atoms with Gasteiger partial charge in [-0.15, -0.1) is 0 Å². The summed E-state index contributed by atoms with van der Waals surface area (Å²) in [5, 5.41) is 2.56. The van der Waals surface area contributed by atoms with E-state index in [4.69, 9.17) is 0 Å². The number of rotatable bonds is 7. The first-order valence-corrected chi connectivity index (χ1v) is 9.07. The predicted octanol–water partition coefficient (Wildman–Crippen LogP) is 0.746. The van der Waals surface area contributed by atoms with Crippen LogP contribution >= 0.6 is 0 Å². The van der Waals surface area contributed by atoms with E-state index in [0.717, 1.165) is 22.7 Å². The van der Waals surface area contributed by atoms with Crippen molar-refractivity contribution in [1.29, 1.82) is 0 Å². The molecule has 9 heteroatoms. The van der Waals surface area contributed by atoms with Crippen LogP contribution in [-0.4, -0.2) is 44.8 Å². The molecule has 1 aromatic rings. The molecule has 0 aliphatic carbocycles. The molecule has 1 rings (SSSR count). The van der Waals surface area contributed by atoms with Crippen LogP contribution in [0.3, 0.4) is 0 Å². The van der Waals surface area contributed by atoms with E-state index in [1.54, 1.807) is 12.1 Å². The maximum Gasteiger partial charge on any atom is 0.333 e. The number of hydrogen-bond donors (Lipinski definition) is 3. The van der Waals surface area contributed by atoms with E-state index in [-0.39, 0.29) is 4.90 Å². The van der Waals surface area contributed by atoms with E-state index >= 15 is 0 Å². The molecule has 0 atom stereocenters. The van der Waals surface area contributed by atoms with Crippen LogP contribution < -0.4 is 16.2 Å². The fourth-order valence-corrected chi connectivity index (χ4v) is 2.89. The molecule has 0 unspecified atom stereocenters. The van der Waals surface area contributed by atoms with Crippen molar-refractivity contribution in [3.05, 3.63) is 29.8 Å². The first-order chi connectivity index (χ1) is 11.3. The summed E-state index contributed by atoms with van der Waals surface area (Å²) in [6.45, 7) is 3.93. The van der Waals surface area contributed by atoms with E-state index in [9.17, 15) is 18.0 Å². The number of carbonyl (C=O) groups excluding carboxylic acids is 2. The van der Waals surface area contributed by atoms with Gasteiger partial charge in [0.2, 0.25) is 10.0 Å². The van der Waals surface area contributed by atoms with Gasteiger partial charge in [0.1, 0.15) is 0 Å². The number of hydrazine groups is 1. The molecule has 1 aromatic carbocycles. The lowest BCUT2D eigenvalue weighted by Crippen LogP contribution is -2.50. The number of aryl methyl sites for hydroxylation is 1. The van der Waals surface area contributed by atoms with Crippen LogP contribution in [0.15, 0.2) is 29.2 Å². The van der Waals surface area contributed by atoms with E-state index in [0.29, 0.717) is 6.54 Å². The number of carbonyl (C=O) groups is 2. The van der Waals surface area contributed by atoms with Crippen molar-refractivity contribution in [3.8, 4) is 0 Å². The number of benzene rings is 1. The van der Waals surface area contributed by atoms with Crippen LogP contribution in [0.1, 0.15) is 25.3 Å². The number of unbranched alkanes of at least 4 members (excludes halogenated alkanes) is 1. The molecule has 0 heterocycles. The molecule has 0 aliphatic heterocycles. The van der Waals surface area contributed by atoms with E-state index in [1.807, 2.05) is 13.8 Å². The first kappa shape index (κ1) is 19.9. The van der Waals surface area contributed by atoms with Crippen LogP contribution in [0.5, 0.6) is 0 Å². The molecule has 0 radical (unpaired) electrons. The Morgan fingerprint density at radius 1 is 1.12 bits per heavy atom. The Morgan fingerprint density at radius 3 is 2.33 bits per heavy atom. The van der Waals surface area contributed by atoms with Gasteiger partial charge >= 0.3 is 6.03 Å². The van der Waals surface area contributed by atoms with Crippen LogP contribution in [0.25, 0.3) is 0 Å². The molecule has 134 valence electrons. The quantitative estimate of drug-likeness (QED) is 0.495. The highest BCUT2D eigenvalue weighted by atomic mass is 32.2. The summed E-state index contributed by atoms with van der Waals surface area (Å²) in [6.07, 6.45) is 1.77. The van der Waals surface area contributed by atoms with Crippen LogP contribution in [0, 0.1) is 6.92 Å². The Kier molecular flexibility index (Phi) is 7.66. The Hall–Kier alpha value is -2.13. The highest BCUT2D eigenvalue weighted by Crippen LogP contribution is 2.14. The lowest BCUT2D eigenvalue weighted by atomic mass is 10.2. The molecular weight excluding hydrogens is 332 g/mol. The summed E-state index contributed by atoms with van der Waals surface area (Å²) in [7, 11) is -2.46. The minimum absolute atomic E-state index is 0.105. The number of likely N-dealkylation sites (N-methyl/N-ethyl adjacent to an activating group) is 1. The SMILES string of the molecule is CCCCNC(=O)NNC(=O)CN(C)S(=O)(=O)c1ccc(C)cc1. The molecule has 0 spiro atoms. The van der Waals surface area contributed by atoms with Crippen LogP contribution in [0.4, 0.5) is 4.79 Å². The van der Waals surface area contributed by atoms with Gasteiger partial charge in [-0.25, -0.2) is 18.6 Å². The van der Waals surface area contributed by atoms with Gasteiger partial charge in [-0.3, -0.25) is 10.2 Å². The van der Waals surface area contributed by atoms with Gasteiger partial charge < -0.3 is 5.32 Å². The highest BCUT2D eigenvalue weighted by Gasteiger charge is 2.22. The van der Waals surface area contributed by atoms with Crippen LogP contribution in [-0.2, 0) is 14.8 Å². The monoisotopic (exact) mass is 356 g/mol. The second-order valence-corrected chi connectivity index (χ2v) is 7.40. The van der Waals surface area contributed by atoms with E-state index in [2.05, 4.69) is 16.2 Å². The minimum atomic E-state index is -3.76. The van der Waals surface area contributed by atoms with Gasteiger partial charge in [0.25, 0.3) is 5.91 Å². The number of nitrogens with zero attached hydrogens (tertiary/aromatic N) is 1. The fraction of sp³-hybridized carbons (Fsp3) is 0.467. The van der Waals surface area contributed by atoms with Crippen molar-refractivity contribution in [2.24, 2.45) is 0 Å². The van der Waals surface area contributed by atoms with Gasteiger partial charge in [-0.05, 0) is 25.5 Å².